The zero-order chi connectivity index (χ0) is 13.1. The predicted octanol–water partition coefficient (Wildman–Crippen LogP) is 2.54. The lowest BCUT2D eigenvalue weighted by atomic mass is 9.97. The predicted molar refractivity (Wildman–Crippen MR) is 87.5 cm³/mol. The Morgan fingerprint density at radius 1 is 1.33 bits per heavy atom. The topological polar surface area (TPSA) is 69.8 Å². The molecule has 0 unspecified atom stereocenters. The van der Waals surface area contributed by atoms with Gasteiger partial charge in [0, 0.05) is 30.2 Å². The second-order valence-corrected chi connectivity index (χ2v) is 4.58. The van der Waals surface area contributed by atoms with E-state index in [4.69, 9.17) is 0 Å². The number of nitrogens with one attached hydrogen (secondary N) is 3. The van der Waals surface area contributed by atoms with Crippen LogP contribution in [0.2, 0.25) is 0 Å². The number of amides is 1. The van der Waals surface area contributed by atoms with Crippen molar-refractivity contribution in [1.29, 1.82) is 0 Å². The standard InChI is InChI=1S/C14H16N4O.2ClH/c19-14(18-9-13-16-7-8-17-13)11-3-1-5-12-10(11)4-2-6-15-12;;/h1,3,5,7-8,15H,2,4,6,9H2,(H,16,17)(H,18,19);2*1H. The SMILES string of the molecule is Cl.Cl.O=C(NCc1ncc[nH]1)c1cccc2c1CCCN2. The molecule has 1 aromatic heterocycles. The van der Waals surface area contributed by atoms with Crippen LogP contribution in [-0.2, 0) is 13.0 Å². The van der Waals surface area contributed by atoms with Gasteiger partial charge in [0.05, 0.1) is 6.54 Å². The molecule has 0 bridgehead atoms. The molecular weight excluding hydrogens is 311 g/mol. The molecule has 1 aliphatic rings. The van der Waals surface area contributed by atoms with Gasteiger partial charge in [-0.1, -0.05) is 6.07 Å². The molecule has 2 heterocycles. The van der Waals surface area contributed by atoms with E-state index < -0.39 is 0 Å². The highest BCUT2D eigenvalue weighted by Crippen LogP contribution is 2.25. The van der Waals surface area contributed by atoms with Gasteiger partial charge in [0.2, 0.25) is 0 Å². The van der Waals surface area contributed by atoms with Crippen LogP contribution in [0.4, 0.5) is 5.69 Å². The van der Waals surface area contributed by atoms with Crippen LogP contribution in [0, 0.1) is 0 Å². The minimum Gasteiger partial charge on any atom is -0.385 e. The maximum absolute atomic E-state index is 12.2. The van der Waals surface area contributed by atoms with E-state index in [1.54, 1.807) is 12.4 Å². The van der Waals surface area contributed by atoms with Gasteiger partial charge in [-0.25, -0.2) is 4.98 Å². The number of aromatic amines is 1. The van der Waals surface area contributed by atoms with Crippen molar-refractivity contribution in [3.8, 4) is 0 Å². The molecule has 0 radical (unpaired) electrons. The number of carbonyl (C=O) groups is 1. The summed E-state index contributed by atoms with van der Waals surface area (Å²) in [7, 11) is 0. The minimum atomic E-state index is -0.0445. The fourth-order valence-corrected chi connectivity index (χ4v) is 2.38. The van der Waals surface area contributed by atoms with Crippen LogP contribution in [0.15, 0.2) is 30.6 Å². The molecule has 0 aliphatic carbocycles. The number of benzene rings is 1. The maximum Gasteiger partial charge on any atom is 0.252 e. The summed E-state index contributed by atoms with van der Waals surface area (Å²) in [4.78, 5) is 19.3. The van der Waals surface area contributed by atoms with E-state index in [9.17, 15) is 4.79 Å². The van der Waals surface area contributed by atoms with Gasteiger partial charge in [0.1, 0.15) is 5.82 Å². The highest BCUT2D eigenvalue weighted by Gasteiger charge is 2.17. The zero-order valence-electron chi connectivity index (χ0n) is 11.4. The molecule has 114 valence electrons. The van der Waals surface area contributed by atoms with E-state index in [1.807, 2.05) is 18.2 Å². The maximum atomic E-state index is 12.2. The normalized spacial score (nSPS) is 12.2. The molecule has 0 saturated carbocycles. The fraction of sp³-hybridized carbons (Fsp3) is 0.286. The summed E-state index contributed by atoms with van der Waals surface area (Å²) in [6, 6.07) is 5.82. The van der Waals surface area contributed by atoms with Crippen molar-refractivity contribution >= 4 is 36.4 Å². The first-order chi connectivity index (χ1) is 9.34. The van der Waals surface area contributed by atoms with Crippen LogP contribution in [0.25, 0.3) is 0 Å². The summed E-state index contributed by atoms with van der Waals surface area (Å²) in [5, 5.41) is 6.22. The largest absolute Gasteiger partial charge is 0.385 e. The molecule has 1 amide bonds. The monoisotopic (exact) mass is 328 g/mol. The van der Waals surface area contributed by atoms with Gasteiger partial charge >= 0.3 is 0 Å². The van der Waals surface area contributed by atoms with Crippen LogP contribution in [0.5, 0.6) is 0 Å². The van der Waals surface area contributed by atoms with E-state index >= 15 is 0 Å². The highest BCUT2D eigenvalue weighted by atomic mass is 35.5. The third-order valence-corrected chi connectivity index (χ3v) is 3.31. The Morgan fingerprint density at radius 3 is 2.95 bits per heavy atom. The number of hydrogen-bond donors (Lipinski definition) is 3. The Balaban J connectivity index is 0.00000110. The lowest BCUT2D eigenvalue weighted by Crippen LogP contribution is -2.26. The molecule has 3 N–H and O–H groups in total. The van der Waals surface area contributed by atoms with Crippen molar-refractivity contribution in [3.63, 3.8) is 0 Å². The molecule has 0 fully saturated rings. The van der Waals surface area contributed by atoms with Gasteiger partial charge in [0.15, 0.2) is 0 Å². The van der Waals surface area contributed by atoms with Gasteiger partial charge in [-0.2, -0.15) is 0 Å². The molecule has 0 saturated heterocycles. The second kappa shape index (κ2) is 7.90. The van der Waals surface area contributed by atoms with Crippen molar-refractivity contribution in [1.82, 2.24) is 15.3 Å². The summed E-state index contributed by atoms with van der Waals surface area (Å²) in [5.74, 6) is 0.716. The number of nitrogens with zero attached hydrogens (tertiary/aromatic N) is 1. The molecule has 0 spiro atoms. The van der Waals surface area contributed by atoms with E-state index in [2.05, 4.69) is 20.6 Å². The van der Waals surface area contributed by atoms with Gasteiger partial charge < -0.3 is 15.6 Å². The summed E-state index contributed by atoms with van der Waals surface area (Å²) < 4.78 is 0. The number of H-pyrrole nitrogens is 1. The number of rotatable bonds is 3. The second-order valence-electron chi connectivity index (χ2n) is 4.58. The van der Waals surface area contributed by atoms with Crippen LogP contribution in [-0.4, -0.2) is 22.4 Å². The third kappa shape index (κ3) is 3.89. The first-order valence-electron chi connectivity index (χ1n) is 6.47. The lowest BCUT2D eigenvalue weighted by molar-refractivity contribution is 0.0949. The Kier molecular flexibility index (Phi) is 6.52. The van der Waals surface area contributed by atoms with E-state index in [0.717, 1.165) is 42.0 Å². The molecule has 21 heavy (non-hydrogen) atoms. The quantitative estimate of drug-likeness (QED) is 0.810. The van der Waals surface area contributed by atoms with Crippen LogP contribution >= 0.6 is 24.8 Å². The van der Waals surface area contributed by atoms with Gasteiger partial charge in [-0.05, 0) is 30.5 Å². The van der Waals surface area contributed by atoms with Crippen molar-refractivity contribution in [3.05, 3.63) is 47.5 Å². The summed E-state index contributed by atoms with van der Waals surface area (Å²) in [6.07, 6.45) is 5.44. The van der Waals surface area contributed by atoms with Gasteiger partial charge in [-0.15, -0.1) is 24.8 Å². The Hall–Kier alpha value is -1.72. The number of carbonyl (C=O) groups excluding carboxylic acids is 1. The molecule has 2 aromatic rings. The van der Waals surface area contributed by atoms with Crippen molar-refractivity contribution in [2.45, 2.75) is 19.4 Å². The zero-order valence-corrected chi connectivity index (χ0v) is 13.0. The highest BCUT2D eigenvalue weighted by molar-refractivity contribution is 5.97. The molecule has 0 atom stereocenters. The Morgan fingerprint density at radius 2 is 2.19 bits per heavy atom. The minimum absolute atomic E-state index is 0. The van der Waals surface area contributed by atoms with E-state index in [0.29, 0.717) is 6.54 Å². The summed E-state index contributed by atoms with van der Waals surface area (Å²) >= 11 is 0. The molecule has 3 rings (SSSR count). The number of fused-ring (bicyclic) bond motifs is 1. The molecule has 7 heteroatoms. The van der Waals surface area contributed by atoms with Crippen LogP contribution in [0.1, 0.15) is 28.2 Å². The summed E-state index contributed by atoms with van der Waals surface area (Å²) in [5.41, 5.74) is 2.96. The summed E-state index contributed by atoms with van der Waals surface area (Å²) in [6.45, 7) is 1.40. The van der Waals surface area contributed by atoms with E-state index in [-0.39, 0.29) is 30.7 Å². The van der Waals surface area contributed by atoms with Crippen molar-refractivity contribution in [2.75, 3.05) is 11.9 Å². The molecule has 5 nitrogen and oxygen atoms in total. The first kappa shape index (κ1) is 17.3. The van der Waals surface area contributed by atoms with Crippen LogP contribution < -0.4 is 10.6 Å². The number of anilines is 1. The van der Waals surface area contributed by atoms with Gasteiger partial charge in [-0.3, -0.25) is 4.79 Å². The number of imidazole rings is 1. The Labute approximate surface area is 135 Å². The number of hydrogen-bond acceptors (Lipinski definition) is 3. The molecule has 1 aromatic carbocycles. The fourth-order valence-electron chi connectivity index (χ4n) is 2.38. The molecule has 1 aliphatic heterocycles. The smallest absolute Gasteiger partial charge is 0.252 e. The lowest BCUT2D eigenvalue weighted by Gasteiger charge is -2.20. The van der Waals surface area contributed by atoms with Crippen molar-refractivity contribution in [2.24, 2.45) is 0 Å². The average molecular weight is 329 g/mol. The average Bonchev–Trinajstić information content (AvgIpc) is 2.97. The van der Waals surface area contributed by atoms with Crippen molar-refractivity contribution < 1.29 is 4.79 Å². The third-order valence-electron chi connectivity index (χ3n) is 3.31. The number of aromatic nitrogens is 2. The van der Waals surface area contributed by atoms with E-state index in [1.165, 1.54) is 0 Å². The van der Waals surface area contributed by atoms with Gasteiger partial charge in [0.25, 0.3) is 5.91 Å². The Bertz CT molecular complexity index is 587. The molecular formula is C14H18Cl2N4O. The van der Waals surface area contributed by atoms with Crippen LogP contribution in [0.3, 0.4) is 0 Å². The number of halogens is 2. The first-order valence-corrected chi connectivity index (χ1v) is 6.47.